The van der Waals surface area contributed by atoms with Gasteiger partial charge in [0, 0.05) is 28.4 Å². The highest BCUT2D eigenvalue weighted by atomic mass is 32.1. The molecule has 146 valence electrons. The highest BCUT2D eigenvalue weighted by Crippen LogP contribution is 2.22. The third-order valence-electron chi connectivity index (χ3n) is 4.26. The summed E-state index contributed by atoms with van der Waals surface area (Å²) >= 11 is 3.91. The molecule has 9 nitrogen and oxygen atoms in total. The molecule has 0 spiro atoms. The number of imide groups is 1. The van der Waals surface area contributed by atoms with Crippen molar-refractivity contribution in [2.24, 2.45) is 5.73 Å². The lowest BCUT2D eigenvalue weighted by atomic mass is 10.1. The number of hydrogen-bond acceptors (Lipinski definition) is 5. The van der Waals surface area contributed by atoms with Gasteiger partial charge in [0.15, 0.2) is 0 Å². The second-order valence-electron chi connectivity index (χ2n) is 6.23. The van der Waals surface area contributed by atoms with Crippen molar-refractivity contribution >= 4 is 36.5 Å². The van der Waals surface area contributed by atoms with E-state index in [1.54, 1.807) is 24.3 Å². The van der Waals surface area contributed by atoms with Crippen LogP contribution in [0.25, 0.3) is 0 Å². The summed E-state index contributed by atoms with van der Waals surface area (Å²) < 4.78 is -1.17. The van der Waals surface area contributed by atoms with Crippen molar-refractivity contribution in [3.63, 3.8) is 0 Å². The molecule has 1 aliphatic rings. The quantitative estimate of drug-likeness (QED) is 0.286. The van der Waals surface area contributed by atoms with E-state index >= 15 is 0 Å². The second kappa shape index (κ2) is 8.42. The SMILES string of the molecule is CCC1=C(C)CN(C(=O)NCCc2ccc([N+](O)(S)NC(N)=O)cc2)C1=O. The van der Waals surface area contributed by atoms with Crippen LogP contribution in [-0.4, -0.2) is 41.2 Å². The first-order valence-corrected chi connectivity index (χ1v) is 8.85. The van der Waals surface area contributed by atoms with E-state index in [1.165, 1.54) is 4.90 Å². The largest absolute Gasteiger partial charge is 0.360 e. The maximum atomic E-state index is 12.2. The molecule has 1 heterocycles. The van der Waals surface area contributed by atoms with Crippen LogP contribution in [0.3, 0.4) is 0 Å². The van der Waals surface area contributed by atoms with Crippen molar-refractivity contribution in [1.82, 2.24) is 19.8 Å². The number of benzene rings is 1. The monoisotopic (exact) mass is 394 g/mol. The van der Waals surface area contributed by atoms with Crippen molar-refractivity contribution < 1.29 is 19.6 Å². The van der Waals surface area contributed by atoms with Gasteiger partial charge in [-0.05, 0) is 30.9 Å². The fourth-order valence-corrected chi connectivity index (χ4v) is 3.10. The van der Waals surface area contributed by atoms with Crippen molar-refractivity contribution in [1.29, 1.82) is 0 Å². The van der Waals surface area contributed by atoms with Crippen LogP contribution in [0.5, 0.6) is 0 Å². The number of carbonyl (C=O) groups excluding carboxylic acids is 3. The molecule has 2 rings (SSSR count). The number of nitrogens with two attached hydrogens (primary N) is 1. The Morgan fingerprint density at radius 2 is 1.96 bits per heavy atom. The summed E-state index contributed by atoms with van der Waals surface area (Å²) in [6.45, 7) is 4.43. The fourth-order valence-electron chi connectivity index (χ4n) is 2.86. The molecular formula is C17H24N5O4S+. The Balaban J connectivity index is 1.87. The topological polar surface area (TPSA) is 125 Å². The molecule has 0 fully saturated rings. The van der Waals surface area contributed by atoms with Gasteiger partial charge in [0.1, 0.15) is 12.8 Å². The summed E-state index contributed by atoms with van der Waals surface area (Å²) in [5, 5.41) is 12.7. The van der Waals surface area contributed by atoms with Crippen LogP contribution in [0.15, 0.2) is 35.4 Å². The summed E-state index contributed by atoms with van der Waals surface area (Å²) in [6.07, 6.45) is 1.14. The molecule has 1 aromatic carbocycles. The number of hydrogen-bond donors (Lipinski definition) is 5. The van der Waals surface area contributed by atoms with E-state index in [0.29, 0.717) is 37.2 Å². The average molecular weight is 394 g/mol. The lowest BCUT2D eigenvalue weighted by molar-refractivity contribution is -0.123. The molecule has 0 aliphatic carbocycles. The third kappa shape index (κ3) is 5.00. The lowest BCUT2D eigenvalue weighted by Gasteiger charge is -2.20. The standard InChI is InChI=1S/C17H23N5O4S/c1-3-14-11(2)10-21(15(14)23)17(25)19-9-8-12-4-6-13(7-5-12)22(26,27)20-16(18)24/h4-7,26-27H,3,8-10H2,1-2H3,(H3-,18,19,20,24,25)/p+1. The number of primary amides is 1. The van der Waals surface area contributed by atoms with Gasteiger partial charge in [-0.25, -0.2) is 9.59 Å². The molecular weight excluding hydrogens is 370 g/mol. The van der Waals surface area contributed by atoms with E-state index in [1.807, 2.05) is 13.8 Å². The first-order chi connectivity index (χ1) is 12.7. The number of nitrogens with one attached hydrogen (secondary N) is 2. The zero-order chi connectivity index (χ0) is 20.2. The molecule has 1 aromatic rings. The molecule has 0 saturated carbocycles. The first kappa shape index (κ1) is 20.7. The van der Waals surface area contributed by atoms with E-state index in [9.17, 15) is 19.6 Å². The Bertz CT molecular complexity index is 776. The minimum atomic E-state index is -1.17. The third-order valence-corrected chi connectivity index (χ3v) is 4.60. The van der Waals surface area contributed by atoms with Gasteiger partial charge >= 0.3 is 12.1 Å². The number of quaternary nitrogens is 1. The molecule has 5 N–H and O–H groups in total. The molecule has 0 radical (unpaired) electrons. The smallest absolute Gasteiger partial charge is 0.348 e. The van der Waals surface area contributed by atoms with Crippen LogP contribution in [0.4, 0.5) is 15.3 Å². The second-order valence-corrected chi connectivity index (χ2v) is 6.81. The predicted molar refractivity (Wildman–Crippen MR) is 104 cm³/mol. The summed E-state index contributed by atoms with van der Waals surface area (Å²) in [5.41, 5.74) is 9.85. The zero-order valence-electron chi connectivity index (χ0n) is 15.2. The van der Waals surface area contributed by atoms with Gasteiger partial charge in [0.05, 0.1) is 6.54 Å². The highest BCUT2D eigenvalue weighted by molar-refractivity contribution is 7.79. The molecule has 1 unspecified atom stereocenters. The molecule has 0 bridgehead atoms. The van der Waals surface area contributed by atoms with Gasteiger partial charge in [-0.1, -0.05) is 19.1 Å². The van der Waals surface area contributed by atoms with Gasteiger partial charge in [-0.2, -0.15) is 5.21 Å². The van der Waals surface area contributed by atoms with Crippen LogP contribution < -0.4 is 20.6 Å². The normalized spacial score (nSPS) is 16.3. The van der Waals surface area contributed by atoms with E-state index in [0.717, 1.165) is 11.1 Å². The first-order valence-electron chi connectivity index (χ1n) is 8.45. The van der Waals surface area contributed by atoms with Gasteiger partial charge in [0.25, 0.3) is 5.91 Å². The van der Waals surface area contributed by atoms with Gasteiger partial charge in [0.2, 0.25) is 5.69 Å². The zero-order valence-corrected chi connectivity index (χ0v) is 16.1. The number of rotatable bonds is 6. The summed E-state index contributed by atoms with van der Waals surface area (Å²) in [6, 6.07) is 5.27. The Labute approximate surface area is 162 Å². The molecule has 5 amide bonds. The van der Waals surface area contributed by atoms with Crippen LogP contribution in [0, 0.1) is 0 Å². The summed E-state index contributed by atoms with van der Waals surface area (Å²) in [7, 11) is 0. The number of carbonyl (C=O) groups is 3. The summed E-state index contributed by atoms with van der Waals surface area (Å²) in [4.78, 5) is 36.5. The predicted octanol–water partition coefficient (Wildman–Crippen LogP) is 1.63. The van der Waals surface area contributed by atoms with Gasteiger partial charge in [-0.15, -0.1) is 5.43 Å². The number of thiol groups is 1. The Hall–Kier alpha value is -2.56. The molecule has 27 heavy (non-hydrogen) atoms. The summed E-state index contributed by atoms with van der Waals surface area (Å²) in [5.74, 6) is -0.232. The lowest BCUT2D eigenvalue weighted by Crippen LogP contribution is -2.53. The molecule has 0 saturated heterocycles. The van der Waals surface area contributed by atoms with Crippen LogP contribution >= 0.6 is 12.8 Å². The highest BCUT2D eigenvalue weighted by Gasteiger charge is 2.31. The van der Waals surface area contributed by atoms with Gasteiger partial charge in [-0.3, -0.25) is 9.69 Å². The van der Waals surface area contributed by atoms with Crippen LogP contribution in [0.2, 0.25) is 0 Å². The van der Waals surface area contributed by atoms with Crippen molar-refractivity contribution in [2.75, 3.05) is 13.1 Å². The Morgan fingerprint density at radius 3 is 2.48 bits per heavy atom. The maximum Gasteiger partial charge on any atom is 0.360 e. The molecule has 1 aliphatic heterocycles. The molecule has 1 atom stereocenters. The minimum Gasteiger partial charge on any atom is -0.348 e. The molecule has 10 heteroatoms. The Morgan fingerprint density at radius 1 is 1.33 bits per heavy atom. The minimum absolute atomic E-state index is 0.232. The number of amides is 5. The van der Waals surface area contributed by atoms with Crippen molar-refractivity contribution in [2.45, 2.75) is 26.7 Å². The average Bonchev–Trinajstić information content (AvgIpc) is 2.88. The van der Waals surface area contributed by atoms with Crippen LogP contribution in [-0.2, 0) is 11.2 Å². The number of nitrogens with zero attached hydrogens (tertiary/aromatic N) is 2. The molecule has 0 aromatic heterocycles. The maximum absolute atomic E-state index is 12.2. The Kier molecular flexibility index (Phi) is 6.47. The van der Waals surface area contributed by atoms with E-state index in [4.69, 9.17) is 5.73 Å². The van der Waals surface area contributed by atoms with Gasteiger partial charge < -0.3 is 11.1 Å². The fraction of sp³-hybridized carbons (Fsp3) is 0.353. The van der Waals surface area contributed by atoms with E-state index in [2.05, 4.69) is 23.6 Å². The van der Waals surface area contributed by atoms with Crippen LogP contribution in [0.1, 0.15) is 25.8 Å². The van der Waals surface area contributed by atoms with E-state index < -0.39 is 16.2 Å². The van der Waals surface area contributed by atoms with E-state index in [-0.39, 0.29) is 5.91 Å². The van der Waals surface area contributed by atoms with Crippen molar-refractivity contribution in [3.8, 4) is 0 Å². The number of urea groups is 2. The van der Waals surface area contributed by atoms with Crippen molar-refractivity contribution in [3.05, 3.63) is 41.0 Å².